The number of halogens is 1. The highest BCUT2D eigenvalue weighted by molar-refractivity contribution is 6.30. The van der Waals surface area contributed by atoms with E-state index in [9.17, 15) is 19.6 Å². The second-order valence-electron chi connectivity index (χ2n) is 9.07. The Hall–Kier alpha value is -3.11. The summed E-state index contributed by atoms with van der Waals surface area (Å²) >= 11 is 5.89. The largest absolute Gasteiger partial charge is 0.387 e. The van der Waals surface area contributed by atoms with Crippen LogP contribution in [0.25, 0.3) is 10.9 Å². The lowest BCUT2D eigenvalue weighted by atomic mass is 10.0. The summed E-state index contributed by atoms with van der Waals surface area (Å²) in [5.41, 5.74) is 1.78. The molecule has 0 aliphatic carbocycles. The molecular formula is C26H30ClN5O4. The number of aromatic nitrogens is 1. The molecule has 1 aliphatic rings. The number of H-pyrrole nitrogens is 1. The molecule has 4 rings (SSSR count). The van der Waals surface area contributed by atoms with Crippen LogP contribution in [0.1, 0.15) is 36.5 Å². The van der Waals surface area contributed by atoms with Crippen molar-refractivity contribution < 1.29 is 9.90 Å². The van der Waals surface area contributed by atoms with E-state index >= 15 is 0 Å². The van der Waals surface area contributed by atoms with Gasteiger partial charge in [0.25, 0.3) is 0 Å². The Morgan fingerprint density at radius 2 is 1.89 bits per heavy atom. The van der Waals surface area contributed by atoms with Crippen LogP contribution in [0.4, 0.5) is 5.69 Å². The van der Waals surface area contributed by atoms with E-state index < -0.39 is 6.10 Å². The topological polar surface area (TPSA) is 127 Å². The fourth-order valence-corrected chi connectivity index (χ4v) is 4.65. The molecule has 1 amide bonds. The lowest BCUT2D eigenvalue weighted by molar-refractivity contribution is -0.121. The van der Waals surface area contributed by atoms with Crippen molar-refractivity contribution in [3.63, 3.8) is 0 Å². The van der Waals surface area contributed by atoms with E-state index in [0.717, 1.165) is 31.5 Å². The van der Waals surface area contributed by atoms with Crippen LogP contribution in [0.2, 0.25) is 5.02 Å². The smallest absolute Gasteiger partial charge is 0.248 e. The maximum atomic E-state index is 12.2. The monoisotopic (exact) mass is 511 g/mol. The van der Waals surface area contributed by atoms with Crippen LogP contribution in [0.3, 0.4) is 0 Å². The Morgan fingerprint density at radius 1 is 1.14 bits per heavy atom. The fraction of sp³-hybridized carbons (Fsp3) is 0.385. The molecule has 2 aromatic carbocycles. The van der Waals surface area contributed by atoms with Gasteiger partial charge in [-0.3, -0.25) is 9.59 Å². The summed E-state index contributed by atoms with van der Waals surface area (Å²) in [6, 6.07) is 13.8. The van der Waals surface area contributed by atoms with Crippen molar-refractivity contribution in [2.24, 2.45) is 5.18 Å². The number of hydrogen-bond acceptors (Lipinski definition) is 7. The number of likely N-dealkylation sites (tertiary alicyclic amines) is 1. The number of nitrogens with zero attached hydrogens (tertiary/aromatic N) is 2. The molecule has 36 heavy (non-hydrogen) atoms. The van der Waals surface area contributed by atoms with E-state index in [1.54, 1.807) is 12.1 Å². The van der Waals surface area contributed by atoms with Gasteiger partial charge in [-0.15, -0.1) is 4.91 Å². The second kappa shape index (κ2) is 12.2. The minimum atomic E-state index is -0.804. The molecule has 0 saturated carbocycles. The van der Waals surface area contributed by atoms with Gasteiger partial charge in [0.2, 0.25) is 11.5 Å². The standard InChI is InChI=1S/C26H30ClN5O4/c27-18-3-1-17(2-4-18)15-29-24(34)11-14-32-12-9-19(10-13-32)28-16-23(33)20-5-7-22(31-36)26-21(20)6-8-25(35)30-26/h1-8,19,23,28,33H,9-16H2,(H,29,34)(H,30,35). The van der Waals surface area contributed by atoms with Crippen LogP contribution in [-0.4, -0.2) is 53.1 Å². The molecule has 1 fully saturated rings. The number of aliphatic hydroxyl groups excluding tert-OH is 1. The molecule has 1 saturated heterocycles. The molecule has 9 nitrogen and oxygen atoms in total. The molecule has 0 radical (unpaired) electrons. The molecule has 2 heterocycles. The van der Waals surface area contributed by atoms with Crippen molar-refractivity contribution in [1.82, 2.24) is 20.5 Å². The quantitative estimate of drug-likeness (QED) is 0.309. The van der Waals surface area contributed by atoms with Gasteiger partial charge in [-0.25, -0.2) is 0 Å². The minimum Gasteiger partial charge on any atom is -0.387 e. The first kappa shape index (κ1) is 26.0. The Labute approximate surface area is 213 Å². The summed E-state index contributed by atoms with van der Waals surface area (Å²) in [7, 11) is 0. The number of aromatic amines is 1. The van der Waals surface area contributed by atoms with Gasteiger partial charge in [0.05, 0.1) is 11.6 Å². The number of pyridine rings is 1. The maximum absolute atomic E-state index is 12.2. The maximum Gasteiger partial charge on any atom is 0.248 e. The van der Waals surface area contributed by atoms with E-state index in [0.29, 0.717) is 47.5 Å². The zero-order valence-electron chi connectivity index (χ0n) is 19.9. The average Bonchev–Trinajstić information content (AvgIpc) is 2.90. The average molecular weight is 512 g/mol. The van der Waals surface area contributed by atoms with Crippen molar-refractivity contribution in [3.8, 4) is 0 Å². The van der Waals surface area contributed by atoms with Gasteiger partial charge in [-0.1, -0.05) is 29.8 Å². The van der Waals surface area contributed by atoms with Crippen molar-refractivity contribution in [2.45, 2.75) is 38.0 Å². The molecule has 1 aromatic heterocycles. The molecule has 1 aliphatic heterocycles. The Bertz CT molecular complexity index is 1260. The van der Waals surface area contributed by atoms with E-state index in [1.807, 2.05) is 24.3 Å². The van der Waals surface area contributed by atoms with Gasteiger partial charge in [0.1, 0.15) is 5.69 Å². The molecular weight excluding hydrogens is 482 g/mol. The van der Waals surface area contributed by atoms with E-state index in [4.69, 9.17) is 11.6 Å². The van der Waals surface area contributed by atoms with Gasteiger partial charge in [0.15, 0.2) is 0 Å². The summed E-state index contributed by atoms with van der Waals surface area (Å²) < 4.78 is 0. The number of carbonyl (C=O) groups excluding carboxylic acids is 1. The summed E-state index contributed by atoms with van der Waals surface area (Å²) in [4.78, 5) is 39.9. The highest BCUT2D eigenvalue weighted by Crippen LogP contribution is 2.29. The van der Waals surface area contributed by atoms with Crippen LogP contribution in [-0.2, 0) is 11.3 Å². The van der Waals surface area contributed by atoms with Gasteiger partial charge in [0, 0.05) is 48.6 Å². The molecule has 190 valence electrons. The van der Waals surface area contributed by atoms with Crippen molar-refractivity contribution in [2.75, 3.05) is 26.2 Å². The number of benzene rings is 2. The molecule has 0 bridgehead atoms. The van der Waals surface area contributed by atoms with Gasteiger partial charge >= 0.3 is 0 Å². The van der Waals surface area contributed by atoms with E-state index in [1.165, 1.54) is 12.1 Å². The molecule has 1 unspecified atom stereocenters. The zero-order valence-corrected chi connectivity index (χ0v) is 20.6. The first-order valence-corrected chi connectivity index (χ1v) is 12.4. The third kappa shape index (κ3) is 6.76. The predicted molar refractivity (Wildman–Crippen MR) is 140 cm³/mol. The fourth-order valence-electron chi connectivity index (χ4n) is 4.53. The van der Waals surface area contributed by atoms with E-state index in [2.05, 4.69) is 25.7 Å². The SMILES string of the molecule is O=Nc1ccc(C(O)CNC2CCN(CCC(=O)NCc3ccc(Cl)cc3)CC2)c2ccc(=O)[nH]c12. The predicted octanol–water partition coefficient (Wildman–Crippen LogP) is 3.37. The Kier molecular flexibility index (Phi) is 8.82. The Morgan fingerprint density at radius 3 is 2.61 bits per heavy atom. The summed E-state index contributed by atoms with van der Waals surface area (Å²) in [6.45, 7) is 3.30. The number of fused-ring (bicyclic) bond motifs is 1. The van der Waals surface area contributed by atoms with Crippen LogP contribution in [0, 0.1) is 4.91 Å². The third-order valence-corrected chi connectivity index (χ3v) is 6.86. The first-order chi connectivity index (χ1) is 17.4. The normalized spacial score (nSPS) is 15.6. The van der Waals surface area contributed by atoms with Crippen molar-refractivity contribution in [1.29, 1.82) is 0 Å². The highest BCUT2D eigenvalue weighted by atomic mass is 35.5. The number of amides is 1. The molecule has 10 heteroatoms. The van der Waals surface area contributed by atoms with Gasteiger partial charge in [-0.2, -0.15) is 0 Å². The number of nitroso groups, excluding NO2 is 1. The van der Waals surface area contributed by atoms with Crippen molar-refractivity contribution >= 4 is 34.1 Å². The summed E-state index contributed by atoms with van der Waals surface area (Å²) in [5.74, 6) is 0.0256. The van der Waals surface area contributed by atoms with E-state index in [-0.39, 0.29) is 23.2 Å². The third-order valence-electron chi connectivity index (χ3n) is 6.61. The van der Waals surface area contributed by atoms with Crippen LogP contribution in [0.5, 0.6) is 0 Å². The highest BCUT2D eigenvalue weighted by Gasteiger charge is 2.21. The first-order valence-electron chi connectivity index (χ1n) is 12.1. The summed E-state index contributed by atoms with van der Waals surface area (Å²) in [6.07, 6.45) is 1.48. The van der Waals surface area contributed by atoms with Crippen molar-refractivity contribution in [3.05, 3.63) is 79.9 Å². The van der Waals surface area contributed by atoms with Crippen LogP contribution in [0.15, 0.2) is 58.5 Å². The molecule has 3 aromatic rings. The molecule has 4 N–H and O–H groups in total. The number of nitrogens with one attached hydrogen (secondary N) is 3. The second-order valence-corrected chi connectivity index (χ2v) is 9.51. The van der Waals surface area contributed by atoms with Crippen LogP contribution >= 0.6 is 11.6 Å². The Balaban J connectivity index is 1.20. The lowest BCUT2D eigenvalue weighted by Gasteiger charge is -2.32. The number of hydrogen-bond donors (Lipinski definition) is 4. The lowest BCUT2D eigenvalue weighted by Crippen LogP contribution is -2.44. The number of rotatable bonds is 10. The number of carbonyl (C=O) groups is 1. The molecule has 1 atom stereocenters. The summed E-state index contributed by atoms with van der Waals surface area (Å²) in [5, 5.41) is 21.4. The number of aliphatic hydroxyl groups is 1. The van der Waals surface area contributed by atoms with Gasteiger partial charge < -0.3 is 25.6 Å². The van der Waals surface area contributed by atoms with Gasteiger partial charge in [-0.05, 0) is 66.5 Å². The number of piperidine rings is 1. The van der Waals surface area contributed by atoms with Crippen LogP contribution < -0.4 is 16.2 Å². The minimum absolute atomic E-state index is 0.0256. The zero-order chi connectivity index (χ0) is 25.5. The molecule has 0 spiro atoms.